The van der Waals surface area contributed by atoms with Crippen LogP contribution in [0.3, 0.4) is 0 Å². The van der Waals surface area contributed by atoms with Crippen LogP contribution in [0.25, 0.3) is 0 Å². The molecule has 2 atom stereocenters. The van der Waals surface area contributed by atoms with Crippen LogP contribution >= 0.6 is 0 Å². The summed E-state index contributed by atoms with van der Waals surface area (Å²) in [5.41, 5.74) is 2.99. The fourth-order valence-electron chi connectivity index (χ4n) is 3.07. The van der Waals surface area contributed by atoms with E-state index in [-0.39, 0.29) is 12.1 Å². The lowest BCUT2D eigenvalue weighted by Gasteiger charge is -2.14. The van der Waals surface area contributed by atoms with Gasteiger partial charge in [-0.25, -0.2) is 4.79 Å². The molecule has 3 aromatic rings. The Morgan fingerprint density at radius 1 is 0.828 bits per heavy atom. The van der Waals surface area contributed by atoms with Gasteiger partial charge in [0.05, 0.1) is 7.11 Å². The molecule has 0 radical (unpaired) electrons. The molecular weight excluding hydrogens is 368 g/mol. The van der Waals surface area contributed by atoms with Crippen LogP contribution in [0.1, 0.15) is 22.8 Å². The SMILES string of the molecule is COC(=O)[C@H]1O[C@H]1c1ccc(OCc2ccccc2)c(OCc2ccccc2)c1. The summed E-state index contributed by atoms with van der Waals surface area (Å²) < 4.78 is 22.3. The van der Waals surface area contributed by atoms with Gasteiger partial charge in [-0.2, -0.15) is 0 Å². The number of epoxide rings is 1. The highest BCUT2D eigenvalue weighted by Gasteiger charge is 2.47. The number of carbonyl (C=O) groups excluding carboxylic acids is 1. The minimum absolute atomic E-state index is 0.315. The maximum Gasteiger partial charge on any atom is 0.338 e. The van der Waals surface area contributed by atoms with Crippen molar-refractivity contribution in [1.82, 2.24) is 0 Å². The molecule has 1 heterocycles. The number of ether oxygens (including phenoxy) is 4. The number of methoxy groups -OCH3 is 1. The minimum atomic E-state index is -0.557. The standard InChI is InChI=1S/C24H22O5/c1-26-24(25)23-22(29-23)19-12-13-20(27-15-17-8-4-2-5-9-17)21(14-19)28-16-18-10-6-3-7-11-18/h2-14,22-23H,15-16H2,1H3/t22-,23-/m0/s1. The second kappa shape index (κ2) is 8.80. The van der Waals surface area contributed by atoms with Crippen LogP contribution in [0.2, 0.25) is 0 Å². The smallest absolute Gasteiger partial charge is 0.338 e. The monoisotopic (exact) mass is 390 g/mol. The van der Waals surface area contributed by atoms with E-state index in [4.69, 9.17) is 18.9 Å². The first-order valence-corrected chi connectivity index (χ1v) is 9.45. The number of hydrogen-bond donors (Lipinski definition) is 0. The highest BCUT2D eigenvalue weighted by molar-refractivity contribution is 5.78. The van der Waals surface area contributed by atoms with Crippen molar-refractivity contribution >= 4 is 5.97 Å². The highest BCUT2D eigenvalue weighted by Crippen LogP contribution is 2.42. The van der Waals surface area contributed by atoms with Crippen LogP contribution < -0.4 is 9.47 Å². The van der Waals surface area contributed by atoms with E-state index in [1.54, 1.807) is 0 Å². The molecule has 4 rings (SSSR count). The Labute approximate surface area is 169 Å². The third kappa shape index (κ3) is 4.76. The van der Waals surface area contributed by atoms with E-state index in [2.05, 4.69) is 0 Å². The molecule has 1 aliphatic rings. The summed E-state index contributed by atoms with van der Waals surface area (Å²) in [5.74, 6) is 0.886. The van der Waals surface area contributed by atoms with E-state index >= 15 is 0 Å². The molecule has 5 heteroatoms. The van der Waals surface area contributed by atoms with E-state index in [1.807, 2.05) is 78.9 Å². The summed E-state index contributed by atoms with van der Waals surface area (Å²) in [4.78, 5) is 11.7. The van der Waals surface area contributed by atoms with Crippen LogP contribution in [0.15, 0.2) is 78.9 Å². The molecule has 1 saturated heterocycles. The quantitative estimate of drug-likeness (QED) is 0.420. The third-order valence-corrected chi connectivity index (χ3v) is 4.70. The van der Waals surface area contributed by atoms with E-state index in [0.717, 1.165) is 16.7 Å². The van der Waals surface area contributed by atoms with Crippen LogP contribution in [0.4, 0.5) is 0 Å². The Balaban J connectivity index is 1.51. The summed E-state index contributed by atoms with van der Waals surface area (Å²) >= 11 is 0. The molecule has 0 amide bonds. The zero-order valence-electron chi connectivity index (χ0n) is 16.1. The fraction of sp³-hybridized carbons (Fsp3) is 0.208. The molecule has 29 heavy (non-hydrogen) atoms. The molecule has 1 aliphatic heterocycles. The van der Waals surface area contributed by atoms with Gasteiger partial charge in [0.15, 0.2) is 17.6 Å². The maximum atomic E-state index is 11.7. The molecule has 5 nitrogen and oxygen atoms in total. The molecular formula is C24H22O5. The molecule has 148 valence electrons. The predicted octanol–water partition coefficient (Wildman–Crippen LogP) is 4.46. The zero-order valence-corrected chi connectivity index (χ0v) is 16.1. The molecule has 0 bridgehead atoms. The first-order chi connectivity index (χ1) is 14.2. The van der Waals surface area contributed by atoms with Crippen LogP contribution in [0.5, 0.6) is 11.5 Å². The van der Waals surface area contributed by atoms with Crippen molar-refractivity contribution in [3.05, 3.63) is 95.6 Å². The van der Waals surface area contributed by atoms with Crippen LogP contribution in [-0.4, -0.2) is 19.2 Å². The van der Waals surface area contributed by atoms with Crippen molar-refractivity contribution in [2.24, 2.45) is 0 Å². The van der Waals surface area contributed by atoms with Crippen molar-refractivity contribution < 1.29 is 23.7 Å². The van der Waals surface area contributed by atoms with Crippen molar-refractivity contribution in [3.8, 4) is 11.5 Å². The van der Waals surface area contributed by atoms with E-state index in [0.29, 0.717) is 24.7 Å². The van der Waals surface area contributed by atoms with Gasteiger partial charge in [-0.05, 0) is 28.8 Å². The summed E-state index contributed by atoms with van der Waals surface area (Å²) in [5, 5.41) is 0. The Bertz CT molecular complexity index is 956. The van der Waals surface area contributed by atoms with Crippen molar-refractivity contribution in [2.45, 2.75) is 25.4 Å². The van der Waals surface area contributed by atoms with E-state index < -0.39 is 6.10 Å². The summed E-state index contributed by atoms with van der Waals surface area (Å²) in [6.07, 6.45) is -0.872. The maximum absolute atomic E-state index is 11.7. The van der Waals surface area contributed by atoms with Crippen molar-refractivity contribution in [2.75, 3.05) is 7.11 Å². The molecule has 0 aromatic heterocycles. The summed E-state index contributed by atoms with van der Waals surface area (Å²) in [7, 11) is 1.36. The lowest BCUT2D eigenvalue weighted by molar-refractivity contribution is -0.142. The van der Waals surface area contributed by atoms with Gasteiger partial charge in [0, 0.05) is 0 Å². The normalized spacial score (nSPS) is 17.4. The summed E-state index contributed by atoms with van der Waals surface area (Å²) in [6.45, 7) is 0.852. The fourth-order valence-corrected chi connectivity index (χ4v) is 3.07. The van der Waals surface area contributed by atoms with Crippen molar-refractivity contribution in [3.63, 3.8) is 0 Å². The molecule has 0 unspecified atom stereocenters. The second-order valence-electron chi connectivity index (χ2n) is 6.76. The van der Waals surface area contributed by atoms with Gasteiger partial charge in [-0.3, -0.25) is 0 Å². The van der Waals surface area contributed by atoms with Gasteiger partial charge in [-0.15, -0.1) is 0 Å². The third-order valence-electron chi connectivity index (χ3n) is 4.70. The molecule has 3 aromatic carbocycles. The number of carbonyl (C=O) groups is 1. The van der Waals surface area contributed by atoms with Crippen LogP contribution in [-0.2, 0) is 27.5 Å². The lowest BCUT2D eigenvalue weighted by atomic mass is 10.1. The Kier molecular flexibility index (Phi) is 5.77. The minimum Gasteiger partial charge on any atom is -0.485 e. The second-order valence-corrected chi connectivity index (χ2v) is 6.76. The van der Waals surface area contributed by atoms with Gasteiger partial charge < -0.3 is 18.9 Å². The Hall–Kier alpha value is -3.31. The van der Waals surface area contributed by atoms with Crippen molar-refractivity contribution in [1.29, 1.82) is 0 Å². The predicted molar refractivity (Wildman–Crippen MR) is 108 cm³/mol. The first kappa shape index (κ1) is 19.0. The van der Waals surface area contributed by atoms with E-state index in [9.17, 15) is 4.79 Å². The number of esters is 1. The lowest BCUT2D eigenvalue weighted by Crippen LogP contribution is -2.09. The Morgan fingerprint density at radius 3 is 2.00 bits per heavy atom. The first-order valence-electron chi connectivity index (χ1n) is 9.45. The molecule has 1 fully saturated rings. The van der Waals surface area contributed by atoms with Gasteiger partial charge in [-0.1, -0.05) is 66.7 Å². The highest BCUT2D eigenvalue weighted by atomic mass is 16.6. The molecule has 0 saturated carbocycles. The number of benzene rings is 3. The van der Waals surface area contributed by atoms with Gasteiger partial charge in [0.1, 0.15) is 19.3 Å². The average molecular weight is 390 g/mol. The van der Waals surface area contributed by atoms with Gasteiger partial charge >= 0.3 is 5.97 Å². The molecule has 0 aliphatic carbocycles. The summed E-state index contributed by atoms with van der Waals surface area (Å²) in [6, 6.07) is 25.5. The molecule has 0 spiro atoms. The molecule has 0 N–H and O–H groups in total. The largest absolute Gasteiger partial charge is 0.485 e. The van der Waals surface area contributed by atoms with Gasteiger partial charge in [0.25, 0.3) is 0 Å². The van der Waals surface area contributed by atoms with Gasteiger partial charge in [0.2, 0.25) is 0 Å². The van der Waals surface area contributed by atoms with E-state index in [1.165, 1.54) is 7.11 Å². The average Bonchev–Trinajstić information content (AvgIpc) is 3.58. The number of rotatable bonds is 8. The number of hydrogen-bond acceptors (Lipinski definition) is 5. The van der Waals surface area contributed by atoms with Crippen LogP contribution in [0, 0.1) is 0 Å². The topological polar surface area (TPSA) is 57.3 Å². The zero-order chi connectivity index (χ0) is 20.1. The Morgan fingerprint density at radius 2 is 1.41 bits per heavy atom.